The van der Waals surface area contributed by atoms with Crippen molar-refractivity contribution in [2.75, 3.05) is 13.1 Å². The molecule has 4 unspecified atom stereocenters. The molecule has 202 valence electrons. The Balaban J connectivity index is 1.23. The maximum absolute atomic E-state index is 11.8. The van der Waals surface area contributed by atoms with Crippen LogP contribution in [0.1, 0.15) is 58.3 Å². The maximum Gasteiger partial charge on any atom is 0.200 e. The second-order valence-electron chi connectivity index (χ2n) is 11.7. The molecule has 38 heavy (non-hydrogen) atoms. The number of aliphatic hydroxyl groups is 1. The number of aromatic nitrogens is 5. The van der Waals surface area contributed by atoms with Crippen LogP contribution in [0.2, 0.25) is 0 Å². The van der Waals surface area contributed by atoms with Gasteiger partial charge >= 0.3 is 0 Å². The van der Waals surface area contributed by atoms with Crippen LogP contribution < -0.4 is 0 Å². The highest BCUT2D eigenvalue weighted by atomic mass is 16.8. The fourth-order valence-electron chi connectivity index (χ4n) is 5.54. The van der Waals surface area contributed by atoms with Crippen LogP contribution >= 0.6 is 0 Å². The summed E-state index contributed by atoms with van der Waals surface area (Å²) in [4.78, 5) is 12.0. The molecule has 3 aromatic rings. The number of rotatable bonds is 5. The summed E-state index contributed by atoms with van der Waals surface area (Å²) in [5, 5.41) is 21.9. The molecule has 2 fully saturated rings. The lowest BCUT2D eigenvalue weighted by atomic mass is 9.88. The van der Waals surface area contributed by atoms with Gasteiger partial charge in [0.15, 0.2) is 12.5 Å². The normalized spacial score (nSPS) is 28.5. The lowest BCUT2D eigenvalue weighted by Gasteiger charge is -2.30. The van der Waals surface area contributed by atoms with E-state index < -0.39 is 5.60 Å². The minimum atomic E-state index is -0.986. The first-order chi connectivity index (χ1) is 18.1. The Kier molecular flexibility index (Phi) is 6.26. The first kappa shape index (κ1) is 25.4. The molecule has 10 heteroatoms. The van der Waals surface area contributed by atoms with E-state index in [4.69, 9.17) is 19.6 Å². The minimum Gasteiger partial charge on any atom is -0.384 e. The van der Waals surface area contributed by atoms with Crippen molar-refractivity contribution in [3.63, 3.8) is 0 Å². The Morgan fingerprint density at radius 3 is 2.79 bits per heavy atom. The quantitative estimate of drug-likeness (QED) is 0.512. The van der Waals surface area contributed by atoms with Gasteiger partial charge in [-0.25, -0.2) is 4.68 Å². The first-order valence-corrected chi connectivity index (χ1v) is 13.5. The molecule has 3 aliphatic rings. The van der Waals surface area contributed by atoms with Gasteiger partial charge < -0.3 is 14.6 Å². The van der Waals surface area contributed by atoms with Gasteiger partial charge in [-0.05, 0) is 59.1 Å². The molecule has 6 heterocycles. The van der Waals surface area contributed by atoms with Crippen molar-refractivity contribution in [2.45, 2.75) is 83.3 Å². The van der Waals surface area contributed by atoms with Crippen molar-refractivity contribution in [3.8, 4) is 11.3 Å². The van der Waals surface area contributed by atoms with Crippen molar-refractivity contribution in [1.29, 1.82) is 0 Å². The summed E-state index contributed by atoms with van der Waals surface area (Å²) in [5.41, 5.74) is 3.20. The van der Waals surface area contributed by atoms with Gasteiger partial charge in [0.05, 0.1) is 34.4 Å². The summed E-state index contributed by atoms with van der Waals surface area (Å²) in [7, 11) is 1.90. The predicted octanol–water partition coefficient (Wildman–Crippen LogP) is 3.75. The zero-order valence-corrected chi connectivity index (χ0v) is 22.8. The van der Waals surface area contributed by atoms with Crippen LogP contribution in [0.15, 0.2) is 41.8 Å². The fourth-order valence-corrected chi connectivity index (χ4v) is 5.54. The van der Waals surface area contributed by atoms with Crippen molar-refractivity contribution >= 4 is 16.6 Å². The molecule has 0 spiro atoms. The summed E-state index contributed by atoms with van der Waals surface area (Å²) in [5.74, 6) is 0. The SMILES string of the molecule is Cc1nn(C2CC=CC(C3(O)CCCN(C4OC4OC(C)(C)C)CC3)=N2)c2cc(-c3cnn(C)c3)ncc12. The third-order valence-corrected chi connectivity index (χ3v) is 7.55. The lowest BCUT2D eigenvalue weighted by Crippen LogP contribution is -2.40. The molecule has 0 radical (unpaired) electrons. The molecular formula is C28H37N7O3. The molecule has 3 aliphatic heterocycles. The molecule has 10 nitrogen and oxygen atoms in total. The molecular weight excluding hydrogens is 482 g/mol. The Morgan fingerprint density at radius 1 is 1.18 bits per heavy atom. The van der Waals surface area contributed by atoms with Gasteiger partial charge in [0.1, 0.15) is 11.8 Å². The highest BCUT2D eigenvalue weighted by Crippen LogP contribution is 2.36. The Morgan fingerprint density at radius 2 is 2.03 bits per heavy atom. The van der Waals surface area contributed by atoms with E-state index in [-0.39, 0.29) is 24.3 Å². The molecule has 3 aromatic heterocycles. The van der Waals surface area contributed by atoms with E-state index in [0.29, 0.717) is 19.3 Å². The average molecular weight is 520 g/mol. The van der Waals surface area contributed by atoms with E-state index in [2.05, 4.69) is 27.1 Å². The summed E-state index contributed by atoms with van der Waals surface area (Å²) in [6.07, 6.45) is 12.1. The number of aryl methyl sites for hydroxylation is 2. The van der Waals surface area contributed by atoms with E-state index in [9.17, 15) is 5.11 Å². The van der Waals surface area contributed by atoms with Crippen molar-refractivity contribution in [3.05, 3.63) is 42.5 Å². The summed E-state index contributed by atoms with van der Waals surface area (Å²) >= 11 is 0. The van der Waals surface area contributed by atoms with E-state index >= 15 is 0 Å². The summed E-state index contributed by atoms with van der Waals surface area (Å²) in [6.45, 7) is 9.71. The molecule has 0 saturated carbocycles. The third kappa shape index (κ3) is 4.93. The molecule has 1 N–H and O–H groups in total. The van der Waals surface area contributed by atoms with Crippen molar-refractivity contribution in [1.82, 2.24) is 29.4 Å². The molecule has 0 aromatic carbocycles. The van der Waals surface area contributed by atoms with Crippen LogP contribution in [-0.2, 0) is 16.5 Å². The number of likely N-dealkylation sites (tertiary alicyclic amines) is 1. The van der Waals surface area contributed by atoms with Crippen LogP contribution in [0.5, 0.6) is 0 Å². The first-order valence-electron chi connectivity index (χ1n) is 13.5. The van der Waals surface area contributed by atoms with Gasteiger partial charge in [-0.15, -0.1) is 0 Å². The van der Waals surface area contributed by atoms with Crippen LogP contribution in [0, 0.1) is 6.92 Å². The monoisotopic (exact) mass is 519 g/mol. The number of dihydropyridines is 1. The predicted molar refractivity (Wildman–Crippen MR) is 145 cm³/mol. The van der Waals surface area contributed by atoms with Crippen molar-refractivity contribution in [2.24, 2.45) is 12.0 Å². The minimum absolute atomic E-state index is 0.0332. The summed E-state index contributed by atoms with van der Waals surface area (Å²) < 4.78 is 15.6. The standard InChI is InChI=1S/C28H37N7O3/c1-18-20-16-29-21(19-15-30-33(5)17-19)14-22(20)35(32-18)24-9-6-8-23(31-24)28(36)10-7-12-34(13-11-28)25-26(37-25)38-27(2,3)4/h6,8,14-17,24-26,36H,7,9-13H2,1-5H3. The van der Waals surface area contributed by atoms with E-state index in [0.717, 1.165) is 53.1 Å². The number of epoxide rings is 1. The average Bonchev–Trinajstić information content (AvgIpc) is 3.41. The second-order valence-corrected chi connectivity index (χ2v) is 11.7. The van der Waals surface area contributed by atoms with Crippen LogP contribution in [0.3, 0.4) is 0 Å². The highest BCUT2D eigenvalue weighted by Gasteiger charge is 2.48. The van der Waals surface area contributed by atoms with E-state index in [1.807, 2.05) is 64.1 Å². The Hall–Kier alpha value is -2.92. The van der Waals surface area contributed by atoms with Gasteiger partial charge in [0.2, 0.25) is 0 Å². The van der Waals surface area contributed by atoms with Gasteiger partial charge in [0.25, 0.3) is 0 Å². The number of hydrogen-bond acceptors (Lipinski definition) is 8. The van der Waals surface area contributed by atoms with Crippen LogP contribution in [0.4, 0.5) is 0 Å². The number of pyridine rings is 1. The van der Waals surface area contributed by atoms with Crippen molar-refractivity contribution < 1.29 is 14.6 Å². The van der Waals surface area contributed by atoms with Crippen LogP contribution in [-0.4, -0.2) is 77.1 Å². The molecule has 4 atom stereocenters. The highest BCUT2D eigenvalue weighted by molar-refractivity contribution is 6.02. The zero-order valence-electron chi connectivity index (χ0n) is 22.8. The second kappa shape index (κ2) is 9.37. The largest absolute Gasteiger partial charge is 0.384 e. The smallest absolute Gasteiger partial charge is 0.200 e. The van der Waals surface area contributed by atoms with Crippen LogP contribution in [0.25, 0.3) is 22.2 Å². The lowest BCUT2D eigenvalue weighted by molar-refractivity contribution is -0.0578. The Bertz CT molecular complexity index is 1400. The number of fused-ring (bicyclic) bond motifs is 1. The van der Waals surface area contributed by atoms with Gasteiger partial charge in [-0.1, -0.05) is 6.08 Å². The van der Waals surface area contributed by atoms with E-state index in [1.165, 1.54) is 0 Å². The van der Waals surface area contributed by atoms with E-state index in [1.54, 1.807) is 4.68 Å². The molecule has 6 rings (SSSR count). The zero-order chi connectivity index (χ0) is 26.7. The van der Waals surface area contributed by atoms with Gasteiger partial charge in [0, 0.05) is 49.9 Å². The molecule has 2 saturated heterocycles. The molecule has 0 amide bonds. The van der Waals surface area contributed by atoms with Gasteiger partial charge in [-0.2, -0.15) is 10.2 Å². The number of aliphatic imine (C=N–C) groups is 1. The number of nitrogens with zero attached hydrogens (tertiary/aromatic N) is 7. The summed E-state index contributed by atoms with van der Waals surface area (Å²) in [6, 6.07) is 2.06. The molecule has 0 aliphatic carbocycles. The Labute approximate surface area is 223 Å². The fraction of sp³-hybridized carbons (Fsp3) is 0.571. The topological polar surface area (TPSA) is 106 Å². The number of ether oxygens (including phenoxy) is 2. The molecule has 0 bridgehead atoms. The number of hydrogen-bond donors (Lipinski definition) is 1. The van der Waals surface area contributed by atoms with Gasteiger partial charge in [-0.3, -0.25) is 19.6 Å². The maximum atomic E-state index is 11.8. The third-order valence-electron chi connectivity index (χ3n) is 7.55.